The summed E-state index contributed by atoms with van der Waals surface area (Å²) >= 11 is 0. The van der Waals surface area contributed by atoms with E-state index < -0.39 is 13.6 Å². The van der Waals surface area contributed by atoms with E-state index in [4.69, 9.17) is 14.5 Å². The minimum Gasteiger partial charge on any atom is -0.379 e. The van der Waals surface area contributed by atoms with E-state index in [-0.39, 0.29) is 26.9 Å². The number of rotatable bonds is 7. The zero-order valence-corrected chi connectivity index (χ0v) is 25.2. The van der Waals surface area contributed by atoms with E-state index >= 15 is 4.39 Å². The Bertz CT molecular complexity index is 1430. The number of carbonyl (C=O) groups is 1. The molecule has 10 nitrogen and oxygen atoms in total. The number of aromatic nitrogens is 3. The van der Waals surface area contributed by atoms with Crippen molar-refractivity contribution in [1.29, 1.82) is 0 Å². The van der Waals surface area contributed by atoms with Gasteiger partial charge in [-0.15, -0.1) is 0 Å². The highest BCUT2D eigenvalue weighted by Gasteiger charge is 2.25. The van der Waals surface area contributed by atoms with E-state index in [1.165, 1.54) is 12.3 Å². The minimum absolute atomic E-state index is 0. The van der Waals surface area contributed by atoms with Crippen LogP contribution in [0.25, 0.3) is 11.3 Å². The van der Waals surface area contributed by atoms with E-state index in [2.05, 4.69) is 39.1 Å². The second-order valence-corrected chi connectivity index (χ2v) is 10.4. The molecule has 4 heterocycles. The molecule has 2 atom stereocenters. The number of hydrogen-bond acceptors (Lipinski definition) is 9. The summed E-state index contributed by atoms with van der Waals surface area (Å²) in [6, 6.07) is 6.59. The third-order valence-electron chi connectivity index (χ3n) is 7.55. The Morgan fingerprint density at radius 2 is 1.84 bits per heavy atom. The van der Waals surface area contributed by atoms with Crippen LogP contribution in [0.1, 0.15) is 27.8 Å². The number of H-pyrrole nitrogens is 1. The Labute approximate surface area is 257 Å². The summed E-state index contributed by atoms with van der Waals surface area (Å²) in [4.78, 5) is 37.9. The summed E-state index contributed by atoms with van der Waals surface area (Å²) in [6.45, 7) is 8.16. The van der Waals surface area contributed by atoms with Crippen LogP contribution in [0, 0.1) is 5.82 Å². The Morgan fingerprint density at radius 1 is 1.09 bits per heavy atom. The smallest absolute Gasteiger partial charge is 0.248 e. The number of ether oxygens (including phenoxy) is 1. The van der Waals surface area contributed by atoms with Gasteiger partial charge in [-0.3, -0.25) is 4.79 Å². The Balaban J connectivity index is 0.00000143. The normalized spacial score (nSPS) is 18.5. The third-order valence-corrected chi connectivity index (χ3v) is 7.55. The topological polar surface area (TPSA) is 107 Å². The number of morpholine rings is 1. The lowest BCUT2D eigenvalue weighted by Crippen LogP contribution is -2.50. The molecule has 2 aliphatic rings. The van der Waals surface area contributed by atoms with Crippen LogP contribution in [0.15, 0.2) is 41.5 Å². The standard InChI is InChI=1S/C28H35F2N7O2.CH2F2.CH2O.2H2/c1-18-16-36(7-6-35(18)3)26-12-23(30)22(11-25(26)32-14-21-15-33-27(38)10-20(21)13-29)24-4-5-31-28(34-24)37-8-9-39-19(2)17-37;2-1-3;1-2;;/h4-5,10-12,15,18-19,32H,6-9,13-14,16-17H2,1-3H3,(H,33,38);1H2;1H2;2*1H/t18-,19-;;;;/m0..../s1. The van der Waals surface area contributed by atoms with Crippen LogP contribution in [0.4, 0.5) is 34.9 Å². The number of benzene rings is 1. The van der Waals surface area contributed by atoms with Crippen molar-refractivity contribution in [3.63, 3.8) is 0 Å². The SMILES string of the molecule is C=O.C[C@H]1CN(c2nccc(-c3cc(NCc4c[nH]c(=O)cc4CF)c(N4CCN(C)[C@@H](C)C4)cc3F)n2)CCO1.FCF.[HH].[HH]. The molecule has 0 saturated carbocycles. The maximum atomic E-state index is 15.8. The monoisotopic (exact) mass is 625 g/mol. The van der Waals surface area contributed by atoms with Crippen molar-refractivity contribution in [3.8, 4) is 11.3 Å². The second kappa shape index (κ2) is 16.7. The molecule has 2 N–H and O–H groups in total. The van der Waals surface area contributed by atoms with Gasteiger partial charge in [0.1, 0.15) is 19.3 Å². The molecule has 0 radical (unpaired) electrons. The van der Waals surface area contributed by atoms with Crippen LogP contribution in [-0.4, -0.2) is 92.1 Å². The number of halogens is 4. The van der Waals surface area contributed by atoms with Crippen LogP contribution in [0.5, 0.6) is 0 Å². The van der Waals surface area contributed by atoms with Crippen molar-refractivity contribution in [1.82, 2.24) is 19.9 Å². The van der Waals surface area contributed by atoms with Gasteiger partial charge >= 0.3 is 0 Å². The van der Waals surface area contributed by atoms with Gasteiger partial charge in [0.2, 0.25) is 18.4 Å². The van der Waals surface area contributed by atoms with Gasteiger partial charge in [-0.2, -0.15) is 0 Å². The first-order chi connectivity index (χ1) is 21.2. The molecule has 0 amide bonds. The van der Waals surface area contributed by atoms with Crippen LogP contribution < -0.4 is 20.7 Å². The largest absolute Gasteiger partial charge is 0.379 e. The van der Waals surface area contributed by atoms with Crippen molar-refractivity contribution >= 4 is 24.1 Å². The molecule has 44 heavy (non-hydrogen) atoms. The van der Waals surface area contributed by atoms with E-state index in [1.807, 2.05) is 18.6 Å². The first kappa shape index (κ1) is 34.5. The molecule has 0 aliphatic carbocycles. The highest BCUT2D eigenvalue weighted by atomic mass is 19.3. The van der Waals surface area contributed by atoms with Gasteiger partial charge in [-0.1, -0.05) is 0 Å². The second-order valence-electron chi connectivity index (χ2n) is 10.4. The lowest BCUT2D eigenvalue weighted by Gasteiger charge is -2.40. The molecule has 0 unspecified atom stereocenters. The Hall–Kier alpha value is -4.04. The number of nitrogens with one attached hydrogen (secondary N) is 2. The maximum Gasteiger partial charge on any atom is 0.248 e. The molecule has 2 aromatic heterocycles. The van der Waals surface area contributed by atoms with Crippen LogP contribution in [0.2, 0.25) is 0 Å². The van der Waals surface area contributed by atoms with E-state index in [1.54, 1.807) is 24.4 Å². The van der Waals surface area contributed by atoms with Crippen molar-refractivity contribution in [3.05, 3.63) is 64.0 Å². The number of pyridine rings is 1. The number of alkyl halides is 3. The fourth-order valence-corrected chi connectivity index (χ4v) is 5.10. The van der Waals surface area contributed by atoms with Crippen LogP contribution >= 0.6 is 0 Å². The van der Waals surface area contributed by atoms with E-state index in [0.717, 1.165) is 25.3 Å². The Kier molecular flexibility index (Phi) is 13.1. The molecule has 1 aromatic carbocycles. The molecule has 3 aromatic rings. The average Bonchev–Trinajstić information content (AvgIpc) is 3.03. The summed E-state index contributed by atoms with van der Waals surface area (Å²) in [7, 11) is 2.08. The summed E-state index contributed by atoms with van der Waals surface area (Å²) < 4.78 is 54.3. The molecule has 2 saturated heterocycles. The molecule has 5 rings (SSSR count). The average molecular weight is 626 g/mol. The summed E-state index contributed by atoms with van der Waals surface area (Å²) in [6.07, 6.45) is 3.23. The van der Waals surface area contributed by atoms with Gasteiger partial charge in [0.15, 0.2) is 0 Å². The molecule has 2 fully saturated rings. The highest BCUT2D eigenvalue weighted by Crippen LogP contribution is 2.35. The molecule has 0 bridgehead atoms. The maximum absolute atomic E-state index is 15.8. The highest BCUT2D eigenvalue weighted by molar-refractivity contribution is 5.78. The molecule has 0 spiro atoms. The predicted octanol–water partition coefficient (Wildman–Crippen LogP) is 4.61. The van der Waals surface area contributed by atoms with Gasteiger partial charge < -0.3 is 34.5 Å². The molecule has 2 aliphatic heterocycles. The lowest BCUT2D eigenvalue weighted by molar-refractivity contribution is -0.0980. The van der Waals surface area contributed by atoms with Crippen LogP contribution in [0.3, 0.4) is 0 Å². The summed E-state index contributed by atoms with van der Waals surface area (Å²) in [5, 5.41) is 3.39. The zero-order chi connectivity index (χ0) is 32.2. The lowest BCUT2D eigenvalue weighted by atomic mass is 10.1. The number of piperazine rings is 1. The predicted molar refractivity (Wildman–Crippen MR) is 167 cm³/mol. The third kappa shape index (κ3) is 8.76. The molecule has 14 heteroatoms. The fourth-order valence-electron chi connectivity index (χ4n) is 5.10. The van der Waals surface area contributed by atoms with Gasteiger partial charge in [-0.05, 0) is 50.2 Å². The van der Waals surface area contributed by atoms with Crippen molar-refractivity contribution in [2.24, 2.45) is 0 Å². The van der Waals surface area contributed by atoms with Gasteiger partial charge in [-0.25, -0.2) is 27.5 Å². The number of hydrogen-bond donors (Lipinski definition) is 2. The number of likely N-dealkylation sites (N-methyl/N-ethyl adjacent to an activating group) is 1. The van der Waals surface area contributed by atoms with E-state index in [9.17, 15) is 18.0 Å². The molecular weight excluding hydrogens is 582 g/mol. The number of nitrogens with zero attached hydrogens (tertiary/aromatic N) is 5. The first-order valence-electron chi connectivity index (χ1n) is 14.1. The van der Waals surface area contributed by atoms with Crippen molar-refractivity contribution in [2.45, 2.75) is 39.2 Å². The first-order valence-corrected chi connectivity index (χ1v) is 14.1. The number of carbonyl (C=O) groups excluding carboxylic acids is 1. The van der Waals surface area contributed by atoms with Gasteiger partial charge in [0.05, 0.1) is 29.8 Å². The Morgan fingerprint density at radius 3 is 2.52 bits per heavy atom. The summed E-state index contributed by atoms with van der Waals surface area (Å²) in [5.74, 6) is 0.157. The number of anilines is 3. The van der Waals surface area contributed by atoms with Crippen molar-refractivity contribution in [2.75, 3.05) is 68.4 Å². The van der Waals surface area contributed by atoms with Gasteiger partial charge in [0, 0.05) is 72.2 Å². The molecule has 244 valence electrons. The minimum atomic E-state index is -1.75. The number of aromatic amines is 1. The summed E-state index contributed by atoms with van der Waals surface area (Å²) in [5.41, 5.74) is 2.87. The molecular formula is C30H43F4N7O3. The van der Waals surface area contributed by atoms with Crippen molar-refractivity contribution < 1.29 is 29.9 Å². The van der Waals surface area contributed by atoms with E-state index in [0.29, 0.717) is 59.8 Å². The quantitative estimate of drug-likeness (QED) is 0.364. The van der Waals surface area contributed by atoms with Gasteiger partial charge in [0.25, 0.3) is 0 Å². The zero-order valence-electron chi connectivity index (χ0n) is 25.2. The van der Waals surface area contributed by atoms with Crippen LogP contribution in [-0.2, 0) is 22.8 Å². The fraction of sp³-hybridized carbons (Fsp3) is 0.467.